The first-order valence-corrected chi connectivity index (χ1v) is 13.6. The van der Waals surface area contributed by atoms with Crippen LogP contribution in [0.5, 0.6) is 0 Å². The molecule has 1 unspecified atom stereocenters. The van der Waals surface area contributed by atoms with E-state index in [-0.39, 0.29) is 12.4 Å². The van der Waals surface area contributed by atoms with Crippen LogP contribution in [-0.2, 0) is 18.2 Å². The summed E-state index contributed by atoms with van der Waals surface area (Å²) in [5.74, 6) is 0. The van der Waals surface area contributed by atoms with E-state index in [9.17, 15) is 0 Å². The summed E-state index contributed by atoms with van der Waals surface area (Å²) in [6.07, 6.45) is 2.40. The Morgan fingerprint density at radius 3 is 1.38 bits per heavy atom. The molecule has 0 aliphatic carbocycles. The van der Waals surface area contributed by atoms with Gasteiger partial charge >= 0.3 is 27.7 Å². The van der Waals surface area contributed by atoms with Gasteiger partial charge in [-0.15, -0.1) is 0 Å². The van der Waals surface area contributed by atoms with Crippen molar-refractivity contribution in [2.75, 3.05) is 14.1 Å². The van der Waals surface area contributed by atoms with E-state index in [0.717, 1.165) is 0 Å². The van der Waals surface area contributed by atoms with Gasteiger partial charge in [0.2, 0.25) is 0 Å². The molecule has 1 atom stereocenters. The van der Waals surface area contributed by atoms with Gasteiger partial charge in [0, 0.05) is 13.3 Å². The molecule has 3 aromatic carbocycles. The van der Waals surface area contributed by atoms with Crippen molar-refractivity contribution in [2.45, 2.75) is 25.8 Å². The van der Waals surface area contributed by atoms with Crippen LogP contribution >= 0.6 is 17.5 Å². The van der Waals surface area contributed by atoms with E-state index in [2.05, 4.69) is 156 Å². The molecule has 1 aliphatic rings. The van der Waals surface area contributed by atoms with Crippen LogP contribution in [-0.4, -0.2) is 35.5 Å². The van der Waals surface area contributed by atoms with Crippen molar-refractivity contribution >= 4 is 39.1 Å². The quantitative estimate of drug-likeness (QED) is 0.199. The number of hydrogen-bond donors (Lipinski definition) is 0. The van der Waals surface area contributed by atoms with Crippen molar-refractivity contribution in [2.24, 2.45) is 0 Å². The van der Waals surface area contributed by atoms with E-state index in [1.165, 1.54) is 34.5 Å². The molecule has 0 fully saturated rings. The first kappa shape index (κ1) is 28.8. The van der Waals surface area contributed by atoms with E-state index in [1.807, 2.05) is 0 Å². The normalized spacial score (nSPS) is 14.6. The number of halogens is 2. The van der Waals surface area contributed by atoms with Crippen molar-refractivity contribution in [3.8, 4) is 0 Å². The van der Waals surface area contributed by atoms with Gasteiger partial charge in [0.15, 0.2) is 5.71 Å². The van der Waals surface area contributed by atoms with E-state index in [1.54, 1.807) is 0 Å². The van der Waals surface area contributed by atoms with Gasteiger partial charge in [-0.2, -0.15) is 9.69 Å². The fourth-order valence-corrected chi connectivity index (χ4v) is 6.08. The zero-order valence-corrected chi connectivity index (χ0v) is 22.7. The summed E-state index contributed by atoms with van der Waals surface area (Å²) in [5, 5.41) is 6.31. The molecule has 174 valence electrons. The number of hydrazine groups is 1. The molecule has 1 aliphatic heterocycles. The Labute approximate surface area is 216 Å². The van der Waals surface area contributed by atoms with Crippen molar-refractivity contribution in [1.82, 2.24) is 5.01 Å². The second kappa shape index (κ2) is 15.6. The third-order valence-electron chi connectivity index (χ3n) is 5.05. The standard InChI is InChI=1S/C18H15P.C8H16N2.2ClH.Pd/c1-4-10-16(11-5-1)19(17-12-6-2-7-13-17)18-14-8-3-9-15-18;1-7-5-6-8(2)10(7)9(3)4;;;/h1-15H;7H,1,5-6H2,2-4H3;2*1H;/q;;;;+2/p-2. The molecule has 0 saturated carbocycles. The third-order valence-corrected chi connectivity index (χ3v) is 7.49. The van der Waals surface area contributed by atoms with E-state index < -0.39 is 7.92 Å². The predicted molar refractivity (Wildman–Crippen MR) is 134 cm³/mol. The van der Waals surface area contributed by atoms with E-state index >= 15 is 0 Å². The van der Waals surface area contributed by atoms with Gasteiger partial charge in [0.1, 0.15) is 0 Å². The maximum Gasteiger partial charge on any atom is -0.0134 e. The van der Waals surface area contributed by atoms with Crippen LogP contribution in [0.25, 0.3) is 0 Å². The number of benzene rings is 3. The van der Waals surface area contributed by atoms with E-state index in [4.69, 9.17) is 0 Å². The topological polar surface area (TPSA) is 6.25 Å². The summed E-state index contributed by atoms with van der Waals surface area (Å²) in [6.45, 7) is 6.23. The Morgan fingerprint density at radius 2 is 1.16 bits per heavy atom. The minimum atomic E-state index is -0.446. The molecule has 0 spiro atoms. The number of hydrogen-bond acceptors (Lipinski definition) is 1. The first-order valence-electron chi connectivity index (χ1n) is 10.3. The van der Waals surface area contributed by atoms with Crippen LogP contribution in [0.2, 0.25) is 0 Å². The summed E-state index contributed by atoms with van der Waals surface area (Å²) >= 11 is 2.22. The molecule has 0 bridgehead atoms. The van der Waals surface area contributed by atoms with Gasteiger partial charge in [-0.1, -0.05) is 91.0 Å². The van der Waals surface area contributed by atoms with Crippen LogP contribution in [0.15, 0.2) is 91.0 Å². The van der Waals surface area contributed by atoms with Gasteiger partial charge in [-0.25, -0.2) is 0 Å². The Hall–Kier alpha value is -1.20. The van der Waals surface area contributed by atoms with Crippen molar-refractivity contribution in [3.05, 3.63) is 97.9 Å². The molecule has 6 heteroatoms. The Morgan fingerprint density at radius 1 is 0.812 bits per heavy atom. The SMILES string of the molecule is [CH2-]C1CCC(C)=[N+]1N(C)C.[Cl-].[Cl][Pd+].c1ccc(P(c2ccccc2)c2ccccc2)cc1. The molecule has 0 saturated heterocycles. The molecule has 0 amide bonds. The van der Waals surface area contributed by atoms with Crippen LogP contribution in [0.4, 0.5) is 0 Å². The van der Waals surface area contributed by atoms with Crippen LogP contribution in [0.1, 0.15) is 19.8 Å². The average molecular weight is 580 g/mol. The first-order chi connectivity index (χ1) is 15.1. The van der Waals surface area contributed by atoms with Crippen molar-refractivity contribution in [1.29, 1.82) is 0 Å². The Balaban J connectivity index is 0.000000337. The summed E-state index contributed by atoms with van der Waals surface area (Å²) < 4.78 is 2.25. The third kappa shape index (κ3) is 8.30. The average Bonchev–Trinajstić information content (AvgIpc) is 3.16. The minimum Gasteiger partial charge on any atom is -0.0622 e. The zero-order valence-electron chi connectivity index (χ0n) is 18.8. The van der Waals surface area contributed by atoms with Gasteiger partial charge in [0.05, 0.1) is 20.1 Å². The van der Waals surface area contributed by atoms with E-state index in [0.29, 0.717) is 6.04 Å². The number of hydrazone groups is 1. The summed E-state index contributed by atoms with van der Waals surface area (Å²) in [6, 6.07) is 32.8. The summed E-state index contributed by atoms with van der Waals surface area (Å²) in [5.41, 5.74) is 1.44. The van der Waals surface area contributed by atoms with Crippen LogP contribution in [0, 0.1) is 6.92 Å². The molecule has 1 heterocycles. The molecular formula is C26H31Cl2N2PPd. The van der Waals surface area contributed by atoms with Crippen molar-refractivity contribution in [3.63, 3.8) is 0 Å². The Bertz CT molecular complexity index is 828. The number of nitrogens with zero attached hydrogens (tertiary/aromatic N) is 2. The second-order valence-corrected chi connectivity index (χ2v) is 9.68. The molecule has 32 heavy (non-hydrogen) atoms. The van der Waals surface area contributed by atoms with Gasteiger partial charge in [-0.3, -0.25) is 6.92 Å². The van der Waals surface area contributed by atoms with Gasteiger partial charge < -0.3 is 12.4 Å². The number of rotatable bonds is 4. The molecule has 2 nitrogen and oxygen atoms in total. The summed E-state index contributed by atoms with van der Waals surface area (Å²) in [7, 11) is 8.17. The Kier molecular flexibility index (Phi) is 14.1. The summed E-state index contributed by atoms with van der Waals surface area (Å²) in [4.78, 5) is 0. The zero-order chi connectivity index (χ0) is 22.6. The van der Waals surface area contributed by atoms with Crippen molar-refractivity contribution < 1.29 is 35.3 Å². The fourth-order valence-electron chi connectivity index (χ4n) is 3.77. The molecule has 0 N–H and O–H groups in total. The molecule has 0 radical (unpaired) electrons. The van der Waals surface area contributed by atoms with Crippen LogP contribution in [0.3, 0.4) is 0 Å². The fraction of sp³-hybridized carbons (Fsp3) is 0.231. The second-order valence-electron chi connectivity index (χ2n) is 7.46. The van der Waals surface area contributed by atoms with Crippen LogP contribution < -0.4 is 28.3 Å². The molecule has 3 aromatic rings. The maximum atomic E-state index is 4.49. The monoisotopic (exact) mass is 578 g/mol. The smallest absolute Gasteiger partial charge is 0.0134 e. The molecule has 0 aromatic heterocycles. The maximum absolute atomic E-state index is 4.49. The molecule has 4 rings (SSSR count). The van der Waals surface area contributed by atoms with Gasteiger partial charge in [-0.05, 0) is 30.3 Å². The van der Waals surface area contributed by atoms with Gasteiger partial charge in [0.25, 0.3) is 0 Å². The largest absolute Gasteiger partial charge is 0.0622 e. The minimum absolute atomic E-state index is 0. The predicted octanol–water partition coefficient (Wildman–Crippen LogP) is 2.07. The molecular weight excluding hydrogens is 549 g/mol.